The molecule has 4 rings (SSSR count). The number of para-hydroxylation sites is 1. The van der Waals surface area contributed by atoms with E-state index in [4.69, 9.17) is 10.5 Å². The minimum absolute atomic E-state index is 0.320. The van der Waals surface area contributed by atoms with Gasteiger partial charge in [-0.05, 0) is 47.7 Å². The fourth-order valence-electron chi connectivity index (χ4n) is 3.47. The lowest BCUT2D eigenvalue weighted by molar-refractivity contribution is 0.0190. The summed E-state index contributed by atoms with van der Waals surface area (Å²) in [6, 6.07) is 6.07. The Kier molecular flexibility index (Phi) is 2.92. The molecule has 0 radical (unpaired) electrons. The molecule has 5 heteroatoms. The molecule has 0 amide bonds. The van der Waals surface area contributed by atoms with Crippen molar-refractivity contribution in [3.8, 4) is 16.9 Å². The van der Waals surface area contributed by atoms with Gasteiger partial charge in [-0.2, -0.15) is 0 Å². The zero-order valence-electron chi connectivity index (χ0n) is 11.6. The fourth-order valence-corrected chi connectivity index (χ4v) is 3.92. The molecule has 21 heavy (non-hydrogen) atoms. The number of ether oxygens (including phenoxy) is 1. The van der Waals surface area contributed by atoms with Gasteiger partial charge in [0, 0.05) is 17.3 Å². The van der Waals surface area contributed by atoms with Crippen molar-refractivity contribution >= 4 is 21.9 Å². The first-order chi connectivity index (χ1) is 10.2. The highest BCUT2D eigenvalue weighted by molar-refractivity contribution is 9.10. The predicted molar refractivity (Wildman–Crippen MR) is 85.0 cm³/mol. The first-order valence-electron chi connectivity index (χ1n) is 7.30. The summed E-state index contributed by atoms with van der Waals surface area (Å²) in [7, 11) is 0. The Balaban J connectivity index is 1.99. The minimum atomic E-state index is -0.346. The molecule has 0 atom stereocenters. The number of nitrogens with two attached hydrogens (primary N) is 1. The lowest BCUT2D eigenvalue weighted by atomic mass is 9.78. The van der Waals surface area contributed by atoms with E-state index in [1.54, 1.807) is 0 Å². The number of anilines is 1. The predicted octanol–water partition coefficient (Wildman–Crippen LogP) is 4.04. The van der Waals surface area contributed by atoms with E-state index in [1.807, 2.05) is 24.4 Å². The van der Waals surface area contributed by atoms with Crippen LogP contribution in [-0.4, -0.2) is 9.97 Å². The summed E-state index contributed by atoms with van der Waals surface area (Å²) in [6.07, 6.45) is 7.37. The Morgan fingerprint density at radius 2 is 1.95 bits per heavy atom. The number of fused-ring (bicyclic) bond motifs is 4. The summed E-state index contributed by atoms with van der Waals surface area (Å²) in [5.74, 6) is 1.22. The average molecular weight is 346 g/mol. The van der Waals surface area contributed by atoms with Gasteiger partial charge in [0.1, 0.15) is 5.75 Å². The van der Waals surface area contributed by atoms with Crippen LogP contribution in [0.5, 0.6) is 5.75 Å². The van der Waals surface area contributed by atoms with Crippen LogP contribution in [0.3, 0.4) is 0 Å². The molecule has 0 bridgehead atoms. The highest BCUT2D eigenvalue weighted by atomic mass is 79.9. The molecule has 0 saturated heterocycles. The van der Waals surface area contributed by atoms with Crippen LogP contribution in [0.1, 0.15) is 37.8 Å². The summed E-state index contributed by atoms with van der Waals surface area (Å²) < 4.78 is 7.46. The van der Waals surface area contributed by atoms with Crippen LogP contribution in [-0.2, 0) is 5.60 Å². The van der Waals surface area contributed by atoms with Crippen LogP contribution in [0, 0.1) is 0 Å². The maximum Gasteiger partial charge on any atom is 0.220 e. The van der Waals surface area contributed by atoms with Gasteiger partial charge in [0.15, 0.2) is 5.60 Å². The van der Waals surface area contributed by atoms with E-state index in [2.05, 4.69) is 25.9 Å². The number of aromatic nitrogens is 2. The summed E-state index contributed by atoms with van der Waals surface area (Å²) >= 11 is 3.61. The maximum absolute atomic E-state index is 6.48. The summed E-state index contributed by atoms with van der Waals surface area (Å²) in [5.41, 5.74) is 8.53. The van der Waals surface area contributed by atoms with Gasteiger partial charge in [-0.15, -0.1) is 0 Å². The van der Waals surface area contributed by atoms with E-state index >= 15 is 0 Å². The zero-order valence-corrected chi connectivity index (χ0v) is 13.2. The smallest absolute Gasteiger partial charge is 0.220 e. The van der Waals surface area contributed by atoms with Gasteiger partial charge in [0.05, 0.1) is 10.2 Å². The molecule has 1 aromatic carbocycles. The number of nitrogen functional groups attached to an aromatic ring is 1. The largest absolute Gasteiger partial charge is 0.479 e. The van der Waals surface area contributed by atoms with E-state index in [-0.39, 0.29) is 5.60 Å². The van der Waals surface area contributed by atoms with Crippen LogP contribution in [0.25, 0.3) is 11.1 Å². The normalized spacial score (nSPS) is 18.7. The van der Waals surface area contributed by atoms with E-state index in [0.29, 0.717) is 5.95 Å². The second-order valence-electron chi connectivity index (χ2n) is 5.76. The van der Waals surface area contributed by atoms with Gasteiger partial charge >= 0.3 is 0 Å². The number of halogens is 1. The van der Waals surface area contributed by atoms with Gasteiger partial charge in [0.25, 0.3) is 0 Å². The van der Waals surface area contributed by atoms with Crippen LogP contribution < -0.4 is 10.5 Å². The minimum Gasteiger partial charge on any atom is -0.479 e. The molecule has 2 aliphatic rings. The first kappa shape index (κ1) is 13.1. The molecule has 2 aromatic rings. The van der Waals surface area contributed by atoms with Crippen molar-refractivity contribution in [2.75, 3.05) is 5.73 Å². The molecule has 108 valence electrons. The Morgan fingerprint density at radius 3 is 2.76 bits per heavy atom. The van der Waals surface area contributed by atoms with Crippen LogP contribution in [0.4, 0.5) is 5.95 Å². The van der Waals surface area contributed by atoms with Gasteiger partial charge in [0.2, 0.25) is 5.95 Å². The Hall–Kier alpha value is -1.62. The SMILES string of the molecule is Nc1ncc2c(n1)C1(CCCCC1)Oc1c(Br)cccc1-2. The number of hydrogen-bond donors (Lipinski definition) is 1. The van der Waals surface area contributed by atoms with E-state index in [1.165, 1.54) is 6.42 Å². The van der Waals surface area contributed by atoms with Gasteiger partial charge < -0.3 is 10.5 Å². The molecular formula is C16H16BrN3O. The molecule has 1 fully saturated rings. The average Bonchev–Trinajstić information content (AvgIpc) is 2.50. The van der Waals surface area contributed by atoms with Crippen molar-refractivity contribution in [1.82, 2.24) is 9.97 Å². The lowest BCUT2D eigenvalue weighted by Gasteiger charge is -2.42. The molecule has 1 aromatic heterocycles. The number of rotatable bonds is 0. The van der Waals surface area contributed by atoms with Gasteiger partial charge in [-0.25, -0.2) is 9.97 Å². The third-order valence-electron chi connectivity index (χ3n) is 4.45. The molecule has 2 N–H and O–H groups in total. The molecule has 0 unspecified atom stereocenters. The monoisotopic (exact) mass is 345 g/mol. The molecule has 2 heterocycles. The number of benzene rings is 1. The van der Waals surface area contributed by atoms with Crippen molar-refractivity contribution < 1.29 is 4.74 Å². The lowest BCUT2D eigenvalue weighted by Crippen LogP contribution is -2.39. The quantitative estimate of drug-likeness (QED) is 0.782. The first-order valence-corrected chi connectivity index (χ1v) is 8.10. The maximum atomic E-state index is 6.48. The second kappa shape index (κ2) is 4.70. The third-order valence-corrected chi connectivity index (χ3v) is 5.08. The number of nitrogens with zero attached hydrogens (tertiary/aromatic N) is 2. The second-order valence-corrected chi connectivity index (χ2v) is 6.62. The fraction of sp³-hybridized carbons (Fsp3) is 0.375. The third kappa shape index (κ3) is 1.94. The molecule has 1 aliphatic heterocycles. The summed E-state index contributed by atoms with van der Waals surface area (Å²) in [5, 5.41) is 0. The van der Waals surface area contributed by atoms with Crippen molar-refractivity contribution in [2.24, 2.45) is 0 Å². The summed E-state index contributed by atoms with van der Waals surface area (Å²) in [4.78, 5) is 8.74. The molecule has 1 aliphatic carbocycles. The Bertz CT molecular complexity index is 711. The van der Waals surface area contributed by atoms with Crippen molar-refractivity contribution in [3.63, 3.8) is 0 Å². The van der Waals surface area contributed by atoms with E-state index in [0.717, 1.165) is 52.7 Å². The van der Waals surface area contributed by atoms with Crippen LogP contribution in [0.2, 0.25) is 0 Å². The van der Waals surface area contributed by atoms with Crippen molar-refractivity contribution in [2.45, 2.75) is 37.7 Å². The van der Waals surface area contributed by atoms with Gasteiger partial charge in [-0.3, -0.25) is 0 Å². The molecular weight excluding hydrogens is 330 g/mol. The highest BCUT2D eigenvalue weighted by Crippen LogP contribution is 2.52. The molecule has 4 nitrogen and oxygen atoms in total. The van der Waals surface area contributed by atoms with Crippen molar-refractivity contribution in [3.05, 3.63) is 34.6 Å². The van der Waals surface area contributed by atoms with Crippen molar-refractivity contribution in [1.29, 1.82) is 0 Å². The molecule has 1 spiro atoms. The van der Waals surface area contributed by atoms with Gasteiger partial charge in [-0.1, -0.05) is 18.6 Å². The highest BCUT2D eigenvalue weighted by Gasteiger charge is 2.44. The number of hydrogen-bond acceptors (Lipinski definition) is 4. The standard InChI is InChI=1S/C16H16BrN3O/c17-12-6-4-5-10-11-9-19-15(18)20-14(11)16(21-13(10)12)7-2-1-3-8-16/h4-6,9H,1-3,7-8H2,(H2,18,19,20). The Morgan fingerprint density at radius 1 is 1.14 bits per heavy atom. The topological polar surface area (TPSA) is 61.0 Å². The van der Waals surface area contributed by atoms with E-state index in [9.17, 15) is 0 Å². The Labute approximate surface area is 131 Å². The van der Waals surface area contributed by atoms with E-state index < -0.39 is 0 Å². The van der Waals surface area contributed by atoms with Crippen LogP contribution >= 0.6 is 15.9 Å². The molecule has 1 saturated carbocycles. The summed E-state index contributed by atoms with van der Waals surface area (Å²) in [6.45, 7) is 0. The van der Waals surface area contributed by atoms with Crippen LogP contribution in [0.15, 0.2) is 28.9 Å². The zero-order chi connectivity index (χ0) is 14.4.